The van der Waals surface area contributed by atoms with Gasteiger partial charge in [0.1, 0.15) is 34.9 Å². The first-order valence-corrected chi connectivity index (χ1v) is 19.3. The summed E-state index contributed by atoms with van der Waals surface area (Å²) in [6, 6.07) is 18.6. The molecule has 3 aromatic carbocycles. The fourth-order valence-electron chi connectivity index (χ4n) is 6.18. The molecule has 266 valence electrons. The van der Waals surface area contributed by atoms with Gasteiger partial charge in [0, 0.05) is 32.2 Å². The lowest BCUT2D eigenvalue weighted by Gasteiger charge is -2.38. The van der Waals surface area contributed by atoms with Gasteiger partial charge in [0.15, 0.2) is 9.84 Å². The number of ether oxygens (including phenoxy) is 3. The number of piperidine rings is 1. The number of sulfonamides is 1. The van der Waals surface area contributed by atoms with E-state index in [4.69, 9.17) is 25.7 Å². The van der Waals surface area contributed by atoms with E-state index >= 15 is 0 Å². The predicted octanol–water partition coefficient (Wildman–Crippen LogP) is 1.81. The van der Waals surface area contributed by atoms with Crippen molar-refractivity contribution in [3.05, 3.63) is 72.3 Å². The zero-order valence-electron chi connectivity index (χ0n) is 27.4. The second-order valence-corrected chi connectivity index (χ2v) is 16.3. The van der Waals surface area contributed by atoms with Gasteiger partial charge in [0.05, 0.1) is 23.7 Å². The highest BCUT2D eigenvalue weighted by atomic mass is 32.2. The molecule has 2 atom stereocenters. The highest BCUT2D eigenvalue weighted by Crippen LogP contribution is 2.39. The van der Waals surface area contributed by atoms with E-state index in [0.717, 1.165) is 16.7 Å². The number of primary amides is 1. The van der Waals surface area contributed by atoms with Crippen molar-refractivity contribution in [3.63, 3.8) is 0 Å². The van der Waals surface area contributed by atoms with Gasteiger partial charge in [-0.15, -0.1) is 0 Å². The van der Waals surface area contributed by atoms with Crippen LogP contribution in [0.5, 0.6) is 11.5 Å². The standard InChI is InChI=1S/C34H44N4O9S2/c1-2-45-31-11-10-26(25-8-6-24(19-35)7-9-25)16-32(31)49(43,44)38-14-12-34(13-15-38)18-27(21-47-34)37-20-28(39)22-46-29-4-3-5-30(17-29)48(41,42)23-33(36)40/h3-11,16-17,27-28,37,39H,2,12-15,18-23,35H2,1H3,(H2,36,40)/t27-,28?/m1/s1. The number of carbonyl (C=O) groups excluding carboxylic acids is 1. The molecule has 15 heteroatoms. The van der Waals surface area contributed by atoms with E-state index in [1.807, 2.05) is 37.3 Å². The molecule has 13 nitrogen and oxygen atoms in total. The van der Waals surface area contributed by atoms with E-state index in [2.05, 4.69) is 5.32 Å². The van der Waals surface area contributed by atoms with Crippen LogP contribution in [0.3, 0.4) is 0 Å². The van der Waals surface area contributed by atoms with Crippen LogP contribution in [-0.4, -0.2) is 95.1 Å². The van der Waals surface area contributed by atoms with Crippen LogP contribution in [0.25, 0.3) is 11.1 Å². The SMILES string of the molecule is CCOc1ccc(-c2ccc(CN)cc2)cc1S(=O)(=O)N1CCC2(CC1)C[C@@H](NCC(O)COc1cccc(S(=O)(=O)CC(N)=O)c1)CO2. The number of rotatable bonds is 15. The number of nitrogens with two attached hydrogens (primary N) is 2. The number of nitrogens with one attached hydrogen (secondary N) is 1. The lowest BCUT2D eigenvalue weighted by Crippen LogP contribution is -2.47. The van der Waals surface area contributed by atoms with Gasteiger partial charge in [-0.1, -0.05) is 36.4 Å². The first-order valence-electron chi connectivity index (χ1n) is 16.2. The maximum atomic E-state index is 14.0. The van der Waals surface area contributed by atoms with E-state index in [1.165, 1.54) is 22.5 Å². The van der Waals surface area contributed by atoms with Crippen molar-refractivity contribution < 1.29 is 40.9 Å². The Morgan fingerprint density at radius 1 is 1.04 bits per heavy atom. The Bertz CT molecular complexity index is 1830. The van der Waals surface area contributed by atoms with Gasteiger partial charge >= 0.3 is 0 Å². The zero-order chi connectivity index (χ0) is 35.2. The number of amides is 1. The van der Waals surface area contributed by atoms with Crippen molar-refractivity contribution >= 4 is 25.8 Å². The summed E-state index contributed by atoms with van der Waals surface area (Å²) in [7, 11) is -7.76. The van der Waals surface area contributed by atoms with Crippen LogP contribution in [0.4, 0.5) is 0 Å². The van der Waals surface area contributed by atoms with Crippen LogP contribution in [0, 0.1) is 0 Å². The molecule has 2 aliphatic rings. The molecule has 2 saturated heterocycles. The van der Waals surface area contributed by atoms with Crippen molar-refractivity contribution in [2.75, 3.05) is 45.2 Å². The van der Waals surface area contributed by atoms with E-state index in [1.54, 1.807) is 18.2 Å². The zero-order valence-corrected chi connectivity index (χ0v) is 29.0. The number of nitrogens with zero attached hydrogens (tertiary/aromatic N) is 1. The van der Waals surface area contributed by atoms with E-state index in [0.29, 0.717) is 57.9 Å². The number of benzene rings is 3. The third-order valence-corrected chi connectivity index (χ3v) is 12.4. The number of carbonyl (C=O) groups is 1. The monoisotopic (exact) mass is 716 g/mol. The number of sulfone groups is 1. The Kier molecular flexibility index (Phi) is 11.6. The molecule has 0 aromatic heterocycles. The van der Waals surface area contributed by atoms with Crippen molar-refractivity contribution in [2.24, 2.45) is 11.5 Å². The third kappa shape index (κ3) is 8.97. The van der Waals surface area contributed by atoms with Crippen LogP contribution >= 0.6 is 0 Å². The summed E-state index contributed by atoms with van der Waals surface area (Å²) in [5.41, 5.74) is 12.9. The quantitative estimate of drug-likeness (QED) is 0.179. The molecule has 2 heterocycles. The Hall–Kier alpha value is -3.57. The summed E-state index contributed by atoms with van der Waals surface area (Å²) in [4.78, 5) is 11.1. The van der Waals surface area contributed by atoms with Crippen molar-refractivity contribution in [1.82, 2.24) is 9.62 Å². The molecule has 1 amide bonds. The van der Waals surface area contributed by atoms with Gasteiger partial charge in [-0.3, -0.25) is 4.79 Å². The first kappa shape index (κ1) is 36.7. The van der Waals surface area contributed by atoms with Gasteiger partial charge in [-0.25, -0.2) is 16.8 Å². The maximum absolute atomic E-state index is 14.0. The Labute approximate surface area is 287 Å². The second-order valence-electron chi connectivity index (χ2n) is 12.4. The molecule has 2 fully saturated rings. The minimum Gasteiger partial charge on any atom is -0.492 e. The third-order valence-electron chi connectivity index (χ3n) is 8.81. The topological polar surface area (TPSA) is 201 Å². The average molecular weight is 717 g/mol. The molecule has 49 heavy (non-hydrogen) atoms. The summed E-state index contributed by atoms with van der Waals surface area (Å²) in [5, 5.41) is 13.8. The Morgan fingerprint density at radius 3 is 2.43 bits per heavy atom. The summed E-state index contributed by atoms with van der Waals surface area (Å²) >= 11 is 0. The van der Waals surface area contributed by atoms with Crippen LogP contribution in [-0.2, 0) is 35.9 Å². The van der Waals surface area contributed by atoms with Gasteiger partial charge in [0.25, 0.3) is 0 Å². The Balaban J connectivity index is 1.14. The van der Waals surface area contributed by atoms with Crippen molar-refractivity contribution in [2.45, 2.75) is 60.3 Å². The fourth-order valence-corrected chi connectivity index (χ4v) is 8.90. The summed E-state index contributed by atoms with van der Waals surface area (Å²) < 4.78 is 71.6. The minimum atomic E-state index is -3.89. The molecule has 0 saturated carbocycles. The van der Waals surface area contributed by atoms with E-state index in [-0.39, 0.29) is 34.7 Å². The molecule has 5 rings (SSSR count). The number of hydrogen-bond donors (Lipinski definition) is 4. The molecule has 3 aromatic rings. The molecule has 0 bridgehead atoms. The van der Waals surface area contributed by atoms with E-state index in [9.17, 15) is 26.7 Å². The minimum absolute atomic E-state index is 0.0491. The van der Waals surface area contributed by atoms with Crippen LogP contribution in [0.1, 0.15) is 31.7 Å². The molecular weight excluding hydrogens is 673 g/mol. The second kappa shape index (κ2) is 15.5. The predicted molar refractivity (Wildman–Crippen MR) is 183 cm³/mol. The summed E-state index contributed by atoms with van der Waals surface area (Å²) in [6.07, 6.45) is 0.806. The largest absolute Gasteiger partial charge is 0.492 e. The first-order chi connectivity index (χ1) is 23.3. The molecule has 6 N–H and O–H groups in total. The van der Waals surface area contributed by atoms with Gasteiger partial charge in [-0.2, -0.15) is 4.31 Å². The lowest BCUT2D eigenvalue weighted by molar-refractivity contribution is -0.115. The molecule has 2 aliphatic heterocycles. The van der Waals surface area contributed by atoms with Gasteiger partial charge in [0.2, 0.25) is 15.9 Å². The van der Waals surface area contributed by atoms with Crippen LogP contribution < -0.4 is 26.3 Å². The van der Waals surface area contributed by atoms with Crippen LogP contribution in [0.15, 0.2) is 76.5 Å². The molecule has 1 spiro atoms. The Morgan fingerprint density at radius 2 is 1.76 bits per heavy atom. The van der Waals surface area contributed by atoms with Gasteiger partial charge in [-0.05, 0) is 73.2 Å². The normalized spacial score (nSPS) is 18.7. The maximum Gasteiger partial charge on any atom is 0.246 e. The fraction of sp³-hybridized carbons (Fsp3) is 0.441. The molecule has 0 radical (unpaired) electrons. The highest BCUT2D eigenvalue weighted by Gasteiger charge is 2.45. The van der Waals surface area contributed by atoms with Gasteiger partial charge < -0.3 is 36.1 Å². The van der Waals surface area contributed by atoms with Crippen LogP contribution in [0.2, 0.25) is 0 Å². The number of aliphatic hydroxyl groups excluding tert-OH is 1. The number of hydrogen-bond acceptors (Lipinski definition) is 11. The summed E-state index contributed by atoms with van der Waals surface area (Å²) in [6.45, 7) is 3.68. The van der Waals surface area contributed by atoms with Crippen molar-refractivity contribution in [3.8, 4) is 22.6 Å². The summed E-state index contributed by atoms with van der Waals surface area (Å²) in [5.74, 6) is -1.22. The molecule has 0 aliphatic carbocycles. The molecule has 1 unspecified atom stereocenters. The highest BCUT2D eigenvalue weighted by molar-refractivity contribution is 7.92. The molecular formula is C34H44N4O9S2. The lowest BCUT2D eigenvalue weighted by atomic mass is 9.88. The smallest absolute Gasteiger partial charge is 0.246 e. The van der Waals surface area contributed by atoms with Crippen molar-refractivity contribution in [1.29, 1.82) is 0 Å². The van der Waals surface area contributed by atoms with E-state index < -0.39 is 43.2 Å². The number of aliphatic hydroxyl groups is 1. The average Bonchev–Trinajstić information content (AvgIpc) is 3.48.